The smallest absolute Gasteiger partial charge is 0.294 e. The lowest BCUT2D eigenvalue weighted by Crippen LogP contribution is -2.25. The number of ether oxygens (including phenoxy) is 1. The van der Waals surface area contributed by atoms with Crippen molar-refractivity contribution in [2.45, 2.75) is 24.8 Å². The Balaban J connectivity index is 0.000000369. The van der Waals surface area contributed by atoms with Gasteiger partial charge in [-0.05, 0) is 67.3 Å². The molecule has 0 unspecified atom stereocenters. The van der Waals surface area contributed by atoms with Crippen LogP contribution in [0.25, 0.3) is 10.1 Å². The number of nitrogens with two attached hydrogens (primary N) is 1. The van der Waals surface area contributed by atoms with Crippen LogP contribution in [0.15, 0.2) is 89.3 Å². The van der Waals surface area contributed by atoms with E-state index in [0.29, 0.717) is 51.8 Å². The minimum atomic E-state index is -4.02. The highest BCUT2D eigenvalue weighted by Gasteiger charge is 2.18. The van der Waals surface area contributed by atoms with E-state index in [1.54, 1.807) is 60.7 Å². The van der Waals surface area contributed by atoms with Gasteiger partial charge in [-0.1, -0.05) is 35.4 Å². The summed E-state index contributed by atoms with van der Waals surface area (Å²) in [6, 6.07) is 19.7. The van der Waals surface area contributed by atoms with E-state index in [4.69, 9.17) is 31.7 Å². The molecule has 0 spiro atoms. The van der Waals surface area contributed by atoms with Gasteiger partial charge in [0.15, 0.2) is 0 Å². The monoisotopic (exact) mass is 682 g/mol. The van der Waals surface area contributed by atoms with E-state index < -0.39 is 10.1 Å². The molecule has 2 aromatic heterocycles. The van der Waals surface area contributed by atoms with Crippen LogP contribution >= 0.6 is 22.9 Å². The predicted octanol–water partition coefficient (Wildman–Crippen LogP) is 5.72. The predicted molar refractivity (Wildman–Crippen MR) is 179 cm³/mol. The Morgan fingerprint density at radius 3 is 2.43 bits per heavy atom. The summed E-state index contributed by atoms with van der Waals surface area (Å²) in [4.78, 5) is 29.1. The van der Waals surface area contributed by atoms with Crippen molar-refractivity contribution in [1.82, 2.24) is 10.3 Å². The Morgan fingerprint density at radius 2 is 1.76 bits per heavy atom. The molecule has 0 atom stereocenters. The van der Waals surface area contributed by atoms with Crippen LogP contribution in [0.1, 0.15) is 38.3 Å². The van der Waals surface area contributed by atoms with Gasteiger partial charge in [0.05, 0.1) is 15.2 Å². The number of carbonyl (C=O) groups is 2. The zero-order chi connectivity index (χ0) is 33.3. The number of nitrogens with zero attached hydrogens (tertiary/aromatic N) is 1. The van der Waals surface area contributed by atoms with Crippen LogP contribution in [0.5, 0.6) is 5.75 Å². The Bertz CT molecular complexity index is 1930. The number of thiophene rings is 1. The zero-order valence-electron chi connectivity index (χ0n) is 24.6. The molecule has 0 aliphatic carbocycles. The van der Waals surface area contributed by atoms with E-state index in [2.05, 4.69) is 15.6 Å². The van der Waals surface area contributed by atoms with Gasteiger partial charge in [-0.15, -0.1) is 11.3 Å². The van der Waals surface area contributed by atoms with Crippen LogP contribution in [0, 0.1) is 6.92 Å². The van der Waals surface area contributed by atoms with Crippen molar-refractivity contribution in [3.63, 3.8) is 0 Å². The van der Waals surface area contributed by atoms with Gasteiger partial charge < -0.3 is 26.2 Å². The quantitative estimate of drug-likeness (QED) is 0.0909. The van der Waals surface area contributed by atoms with Gasteiger partial charge in [0.25, 0.3) is 21.9 Å². The Labute approximate surface area is 274 Å². The Morgan fingerprint density at radius 1 is 1.04 bits per heavy atom. The lowest BCUT2D eigenvalue weighted by molar-refractivity contribution is 0.0951. The number of pyridine rings is 1. The molecule has 14 heteroatoms. The lowest BCUT2D eigenvalue weighted by atomic mass is 10.1. The van der Waals surface area contributed by atoms with E-state index in [0.717, 1.165) is 15.8 Å². The van der Waals surface area contributed by atoms with Crippen LogP contribution < -0.4 is 21.1 Å². The number of anilines is 2. The first kappa shape index (κ1) is 34.3. The van der Waals surface area contributed by atoms with E-state index in [9.17, 15) is 18.0 Å². The van der Waals surface area contributed by atoms with Crippen molar-refractivity contribution >= 4 is 66.5 Å². The molecule has 0 bridgehead atoms. The molecule has 0 saturated heterocycles. The van der Waals surface area contributed by atoms with Crippen LogP contribution in [0.2, 0.25) is 5.02 Å². The number of hydrogen-bond donors (Lipinski definition) is 5. The molecule has 0 aliphatic rings. The van der Waals surface area contributed by atoms with Crippen LogP contribution in [-0.4, -0.2) is 48.0 Å². The molecule has 5 rings (SSSR count). The second-order valence-corrected chi connectivity index (χ2v) is 12.7. The number of hydrogen-bond acceptors (Lipinski definition) is 9. The maximum absolute atomic E-state index is 12.5. The molecule has 0 fully saturated rings. The molecular formula is C32H31ClN4O7S2. The van der Waals surface area contributed by atoms with Crippen molar-refractivity contribution in [3.05, 3.63) is 112 Å². The van der Waals surface area contributed by atoms with Crippen molar-refractivity contribution in [3.8, 4) is 5.75 Å². The second-order valence-electron chi connectivity index (χ2n) is 9.92. The van der Waals surface area contributed by atoms with Gasteiger partial charge in [0.2, 0.25) is 0 Å². The number of amides is 2. The maximum Gasteiger partial charge on any atom is 0.294 e. The highest BCUT2D eigenvalue weighted by atomic mass is 35.5. The molecule has 0 aliphatic heterocycles. The minimum absolute atomic E-state index is 0.00216. The molecule has 0 radical (unpaired) electrons. The van der Waals surface area contributed by atoms with Gasteiger partial charge in [-0.2, -0.15) is 8.42 Å². The highest BCUT2D eigenvalue weighted by Crippen LogP contribution is 2.33. The summed E-state index contributed by atoms with van der Waals surface area (Å²) in [6.07, 6.45) is 1.93. The molecule has 3 aromatic carbocycles. The molecule has 240 valence electrons. The third kappa shape index (κ3) is 9.25. The third-order valence-corrected chi connectivity index (χ3v) is 8.66. The number of fused-ring (bicyclic) bond motifs is 1. The average molecular weight is 683 g/mol. The molecule has 11 nitrogen and oxygen atoms in total. The van der Waals surface area contributed by atoms with Crippen LogP contribution in [0.4, 0.5) is 11.5 Å². The molecule has 0 saturated carbocycles. The fourth-order valence-electron chi connectivity index (χ4n) is 4.11. The van der Waals surface area contributed by atoms with Gasteiger partial charge in [-0.25, -0.2) is 4.98 Å². The largest absolute Gasteiger partial charge is 0.489 e. The molecule has 2 heterocycles. The highest BCUT2D eigenvalue weighted by molar-refractivity contribution is 7.85. The van der Waals surface area contributed by atoms with Gasteiger partial charge in [0, 0.05) is 52.6 Å². The fraction of sp³-hybridized carbons (Fsp3) is 0.156. The van der Waals surface area contributed by atoms with Crippen molar-refractivity contribution < 1.29 is 32.4 Å². The standard InChI is InChI=1S/C25H23ClN4O4S.C7H8O3S/c26-17-7-5-15(6-8-17)24(32)30-18-3-1-4-19(11-18)34-13-16-14-35-22-20(12-29-23(27)21(16)22)25(33)28-9-2-10-31;1-6-2-4-7(5-3-6)11(8,9)10/h1,3-8,11-12,14,31H,2,9-10,13H2,(H2,27,29)(H,28,33)(H,30,32);2-5H,1H3,(H,8,9,10). The topological polar surface area (TPSA) is 181 Å². The minimum Gasteiger partial charge on any atom is -0.489 e. The summed E-state index contributed by atoms with van der Waals surface area (Å²) in [6.45, 7) is 2.42. The first-order valence-corrected chi connectivity index (χ1v) is 16.5. The number of aliphatic hydroxyl groups is 1. The van der Waals surface area contributed by atoms with Crippen LogP contribution in [-0.2, 0) is 16.7 Å². The lowest BCUT2D eigenvalue weighted by Gasteiger charge is -2.10. The Kier molecular flexibility index (Phi) is 11.7. The van der Waals surface area contributed by atoms with Gasteiger partial charge in [0.1, 0.15) is 18.2 Å². The summed E-state index contributed by atoms with van der Waals surface area (Å²) in [5.74, 6) is 0.346. The number of nitrogen functional groups attached to an aromatic ring is 1. The first-order chi connectivity index (χ1) is 22.0. The first-order valence-electron chi connectivity index (χ1n) is 13.8. The average Bonchev–Trinajstić information content (AvgIpc) is 3.46. The second kappa shape index (κ2) is 15.7. The number of aryl methyl sites for hydroxylation is 1. The number of aromatic nitrogens is 1. The summed E-state index contributed by atoms with van der Waals surface area (Å²) in [5.41, 5.74) is 9.38. The van der Waals surface area contributed by atoms with Crippen LogP contribution in [0.3, 0.4) is 0 Å². The van der Waals surface area contributed by atoms with E-state index in [-0.39, 0.29) is 29.9 Å². The maximum atomic E-state index is 12.5. The number of benzene rings is 3. The Hall–Kier alpha value is -4.53. The molecule has 2 amide bonds. The van der Waals surface area contributed by atoms with Gasteiger partial charge >= 0.3 is 0 Å². The van der Waals surface area contributed by atoms with Crippen molar-refractivity contribution in [1.29, 1.82) is 0 Å². The summed E-state index contributed by atoms with van der Waals surface area (Å²) in [5, 5.41) is 17.7. The number of halogens is 1. The molecule has 46 heavy (non-hydrogen) atoms. The summed E-state index contributed by atoms with van der Waals surface area (Å²) < 4.78 is 36.2. The fourth-order valence-corrected chi connectivity index (χ4v) is 5.79. The zero-order valence-corrected chi connectivity index (χ0v) is 27.0. The normalized spacial score (nSPS) is 11.0. The van der Waals surface area contributed by atoms with E-state index >= 15 is 0 Å². The number of rotatable bonds is 10. The summed E-state index contributed by atoms with van der Waals surface area (Å²) in [7, 11) is -4.02. The van der Waals surface area contributed by atoms with Crippen molar-refractivity contribution in [2.24, 2.45) is 0 Å². The molecule has 6 N–H and O–H groups in total. The molecule has 5 aromatic rings. The molecular weight excluding hydrogens is 652 g/mol. The van der Waals surface area contributed by atoms with Gasteiger partial charge in [-0.3, -0.25) is 14.1 Å². The summed E-state index contributed by atoms with van der Waals surface area (Å²) >= 11 is 7.27. The van der Waals surface area contributed by atoms with E-state index in [1.165, 1.54) is 29.7 Å². The number of nitrogens with one attached hydrogen (secondary N) is 2. The van der Waals surface area contributed by atoms with Crippen molar-refractivity contribution in [2.75, 3.05) is 24.2 Å². The number of aliphatic hydroxyl groups excluding tert-OH is 1. The number of carbonyl (C=O) groups excluding carboxylic acids is 2. The third-order valence-electron chi connectivity index (χ3n) is 6.48. The van der Waals surface area contributed by atoms with E-state index in [1.807, 2.05) is 12.3 Å². The SMILES string of the molecule is Cc1ccc(S(=O)(=O)O)cc1.Nc1ncc(C(=O)NCCCO)c2scc(COc3cccc(NC(=O)c4ccc(Cl)cc4)c3)c12.